The second kappa shape index (κ2) is 8.10. The van der Waals surface area contributed by atoms with E-state index in [-0.39, 0.29) is 10.8 Å². The standard InChI is InChI=1S/C26H31OP/c1-25(2,3)20-17-18-24(23(19-20)26(4,5)6)28(22-15-11-8-12-16-22)27-21-13-9-7-10-14-21/h7-19H,1-6H3. The first-order chi connectivity index (χ1) is 13.2. The van der Waals surface area contributed by atoms with Crippen LogP contribution in [-0.2, 0) is 10.8 Å². The largest absolute Gasteiger partial charge is 0.464 e. The zero-order valence-corrected chi connectivity index (χ0v) is 18.8. The summed E-state index contributed by atoms with van der Waals surface area (Å²) in [4.78, 5) is 0. The normalized spacial score (nSPS) is 13.2. The molecule has 28 heavy (non-hydrogen) atoms. The maximum absolute atomic E-state index is 6.61. The minimum Gasteiger partial charge on any atom is -0.464 e. The number of hydrogen-bond donors (Lipinski definition) is 0. The third-order valence-electron chi connectivity index (χ3n) is 4.82. The highest BCUT2D eigenvalue weighted by atomic mass is 31.1. The summed E-state index contributed by atoms with van der Waals surface area (Å²) in [5.41, 5.74) is 2.88. The van der Waals surface area contributed by atoms with Gasteiger partial charge in [-0.25, -0.2) is 0 Å². The predicted molar refractivity (Wildman–Crippen MR) is 124 cm³/mol. The molecule has 0 amide bonds. The van der Waals surface area contributed by atoms with Crippen molar-refractivity contribution in [1.29, 1.82) is 0 Å². The van der Waals surface area contributed by atoms with Crippen LogP contribution in [0.25, 0.3) is 0 Å². The highest BCUT2D eigenvalue weighted by Gasteiger charge is 2.28. The van der Waals surface area contributed by atoms with Gasteiger partial charge in [0.25, 0.3) is 0 Å². The molecule has 0 saturated carbocycles. The highest BCUT2D eigenvalue weighted by Crippen LogP contribution is 2.41. The van der Waals surface area contributed by atoms with Crippen molar-refractivity contribution >= 4 is 18.8 Å². The predicted octanol–water partition coefficient (Wildman–Crippen LogP) is 6.71. The SMILES string of the molecule is CC(C)(C)c1ccc(P(Oc2ccccc2)c2ccccc2)c(C(C)(C)C)c1. The van der Waals surface area contributed by atoms with Gasteiger partial charge in [-0.1, -0.05) is 108 Å². The Morgan fingerprint density at radius 3 is 1.75 bits per heavy atom. The highest BCUT2D eigenvalue weighted by molar-refractivity contribution is 7.69. The molecule has 0 aliphatic carbocycles. The quantitative estimate of drug-likeness (QED) is 0.450. The fourth-order valence-corrected chi connectivity index (χ4v) is 5.26. The van der Waals surface area contributed by atoms with E-state index >= 15 is 0 Å². The summed E-state index contributed by atoms with van der Waals surface area (Å²) in [5.74, 6) is 0.914. The van der Waals surface area contributed by atoms with Gasteiger partial charge < -0.3 is 4.52 Å². The lowest BCUT2D eigenvalue weighted by atomic mass is 9.81. The van der Waals surface area contributed by atoms with E-state index in [1.807, 2.05) is 30.3 Å². The molecule has 0 aromatic heterocycles. The van der Waals surface area contributed by atoms with Crippen molar-refractivity contribution in [3.63, 3.8) is 0 Å². The molecular weight excluding hydrogens is 359 g/mol. The van der Waals surface area contributed by atoms with Crippen LogP contribution in [0.2, 0.25) is 0 Å². The molecule has 1 nitrogen and oxygen atoms in total. The summed E-state index contributed by atoms with van der Waals surface area (Å²) in [7, 11) is -0.960. The Kier molecular flexibility index (Phi) is 5.96. The van der Waals surface area contributed by atoms with Gasteiger partial charge in [-0.3, -0.25) is 0 Å². The van der Waals surface area contributed by atoms with Crippen LogP contribution in [0.4, 0.5) is 0 Å². The van der Waals surface area contributed by atoms with Gasteiger partial charge in [0.2, 0.25) is 0 Å². The van der Waals surface area contributed by atoms with E-state index in [1.54, 1.807) is 0 Å². The lowest BCUT2D eigenvalue weighted by Crippen LogP contribution is -2.27. The van der Waals surface area contributed by atoms with Crippen molar-refractivity contribution in [2.45, 2.75) is 52.4 Å². The molecule has 3 aromatic rings. The molecule has 0 radical (unpaired) electrons. The van der Waals surface area contributed by atoms with E-state index in [1.165, 1.54) is 21.7 Å². The summed E-state index contributed by atoms with van der Waals surface area (Å²) in [5, 5.41) is 2.53. The Hall–Kier alpha value is -2.11. The van der Waals surface area contributed by atoms with Gasteiger partial charge in [0.05, 0.1) is 0 Å². The maximum atomic E-state index is 6.61. The molecule has 0 fully saturated rings. The third-order valence-corrected chi connectivity index (χ3v) is 6.81. The Bertz CT molecular complexity index is 903. The Morgan fingerprint density at radius 1 is 0.643 bits per heavy atom. The Morgan fingerprint density at radius 2 is 1.21 bits per heavy atom. The van der Waals surface area contributed by atoms with Crippen molar-refractivity contribution < 1.29 is 4.52 Å². The smallest absolute Gasteiger partial charge is 0.151 e. The van der Waals surface area contributed by atoms with Crippen LogP contribution >= 0.6 is 8.15 Å². The number of benzene rings is 3. The van der Waals surface area contributed by atoms with Crippen molar-refractivity contribution in [2.24, 2.45) is 0 Å². The molecule has 0 aliphatic heterocycles. The molecule has 0 saturated heterocycles. The third kappa shape index (κ3) is 4.83. The van der Waals surface area contributed by atoms with Crippen molar-refractivity contribution in [3.8, 4) is 5.75 Å². The van der Waals surface area contributed by atoms with Crippen LogP contribution < -0.4 is 15.1 Å². The van der Waals surface area contributed by atoms with Crippen LogP contribution in [0.3, 0.4) is 0 Å². The van der Waals surface area contributed by atoms with E-state index < -0.39 is 8.15 Å². The molecule has 0 spiro atoms. The first-order valence-corrected chi connectivity index (χ1v) is 11.2. The molecule has 0 bridgehead atoms. The molecule has 0 heterocycles. The van der Waals surface area contributed by atoms with Gasteiger partial charge >= 0.3 is 0 Å². The number of rotatable bonds is 4. The monoisotopic (exact) mass is 390 g/mol. The van der Waals surface area contributed by atoms with E-state index in [9.17, 15) is 0 Å². The van der Waals surface area contributed by atoms with Gasteiger partial charge in [-0.05, 0) is 34.1 Å². The molecule has 2 heteroatoms. The molecule has 0 aliphatic rings. The molecular formula is C26H31OP. The van der Waals surface area contributed by atoms with Gasteiger partial charge in [0, 0.05) is 10.6 Å². The van der Waals surface area contributed by atoms with Crippen LogP contribution in [0.5, 0.6) is 5.75 Å². The fourth-order valence-electron chi connectivity index (χ4n) is 3.17. The topological polar surface area (TPSA) is 9.23 Å². The van der Waals surface area contributed by atoms with Crippen LogP contribution in [-0.4, -0.2) is 0 Å². The van der Waals surface area contributed by atoms with E-state index in [4.69, 9.17) is 4.52 Å². The van der Waals surface area contributed by atoms with Crippen LogP contribution in [0, 0.1) is 0 Å². The molecule has 3 aromatic carbocycles. The van der Waals surface area contributed by atoms with Gasteiger partial charge in [0.15, 0.2) is 8.15 Å². The number of hydrogen-bond acceptors (Lipinski definition) is 1. The van der Waals surface area contributed by atoms with Gasteiger partial charge in [-0.2, -0.15) is 0 Å². The van der Waals surface area contributed by atoms with Gasteiger partial charge in [0.1, 0.15) is 5.75 Å². The van der Waals surface area contributed by atoms with E-state index in [2.05, 4.69) is 90.1 Å². The zero-order valence-electron chi connectivity index (χ0n) is 17.9. The molecule has 0 N–H and O–H groups in total. The lowest BCUT2D eigenvalue weighted by Gasteiger charge is -2.30. The average Bonchev–Trinajstić information content (AvgIpc) is 2.66. The summed E-state index contributed by atoms with van der Waals surface area (Å²) in [6, 6.07) is 27.7. The van der Waals surface area contributed by atoms with Crippen LogP contribution in [0.15, 0.2) is 78.9 Å². The Labute approximate surface area is 171 Å². The zero-order chi connectivity index (χ0) is 20.4. The lowest BCUT2D eigenvalue weighted by molar-refractivity contribution is 0.569. The first-order valence-electron chi connectivity index (χ1n) is 9.89. The van der Waals surface area contributed by atoms with Crippen LogP contribution in [0.1, 0.15) is 52.7 Å². The first kappa shape index (κ1) is 20.6. The summed E-state index contributed by atoms with van der Waals surface area (Å²) in [6.45, 7) is 13.7. The second-order valence-electron chi connectivity index (χ2n) is 9.27. The van der Waals surface area contributed by atoms with Crippen molar-refractivity contribution in [1.82, 2.24) is 0 Å². The number of para-hydroxylation sites is 1. The molecule has 3 rings (SSSR count). The molecule has 146 valence electrons. The molecule has 1 atom stereocenters. The van der Waals surface area contributed by atoms with E-state index in [0.717, 1.165) is 5.75 Å². The fraction of sp³-hybridized carbons (Fsp3) is 0.308. The Balaban J connectivity index is 2.16. The maximum Gasteiger partial charge on any atom is 0.151 e. The minimum atomic E-state index is -0.960. The van der Waals surface area contributed by atoms with Crippen molar-refractivity contribution in [3.05, 3.63) is 90.0 Å². The van der Waals surface area contributed by atoms with Gasteiger partial charge in [-0.15, -0.1) is 0 Å². The van der Waals surface area contributed by atoms with E-state index in [0.29, 0.717) is 0 Å². The van der Waals surface area contributed by atoms with Crippen molar-refractivity contribution in [2.75, 3.05) is 0 Å². The summed E-state index contributed by atoms with van der Waals surface area (Å²) < 4.78 is 6.61. The summed E-state index contributed by atoms with van der Waals surface area (Å²) >= 11 is 0. The second-order valence-corrected chi connectivity index (χ2v) is 11.0. The summed E-state index contributed by atoms with van der Waals surface area (Å²) in [6.07, 6.45) is 0. The average molecular weight is 391 g/mol. The molecule has 1 unspecified atom stereocenters. The minimum absolute atomic E-state index is 0.0337.